The molecular formula is C8H14N4O. The first-order chi connectivity index (χ1) is 6.18. The summed E-state index contributed by atoms with van der Waals surface area (Å²) in [7, 11) is 0. The highest BCUT2D eigenvalue weighted by Gasteiger charge is 2.04. The Morgan fingerprint density at radius 3 is 3.15 bits per heavy atom. The minimum absolute atomic E-state index is 0.0980. The van der Waals surface area contributed by atoms with E-state index in [2.05, 4.69) is 15.3 Å². The zero-order chi connectivity index (χ0) is 9.68. The lowest BCUT2D eigenvalue weighted by molar-refractivity contribution is -0.118. The molecule has 0 radical (unpaired) electrons. The average Bonchev–Trinajstić information content (AvgIpc) is 2.51. The number of amides is 1. The van der Waals surface area contributed by atoms with Crippen molar-refractivity contribution in [3.8, 4) is 0 Å². The van der Waals surface area contributed by atoms with E-state index >= 15 is 0 Å². The number of nitrogens with zero attached hydrogens (tertiary/aromatic N) is 1. The van der Waals surface area contributed by atoms with Crippen LogP contribution in [0.4, 0.5) is 0 Å². The molecular weight excluding hydrogens is 168 g/mol. The zero-order valence-corrected chi connectivity index (χ0v) is 7.58. The van der Waals surface area contributed by atoms with Gasteiger partial charge in [-0.3, -0.25) is 4.79 Å². The molecule has 0 aromatic carbocycles. The number of aromatic nitrogens is 2. The van der Waals surface area contributed by atoms with E-state index in [1.807, 2.05) is 6.92 Å². The van der Waals surface area contributed by atoms with Crippen molar-refractivity contribution in [1.82, 2.24) is 15.3 Å². The summed E-state index contributed by atoms with van der Waals surface area (Å²) < 4.78 is 0. The molecule has 1 heterocycles. The molecule has 1 unspecified atom stereocenters. The smallest absolute Gasteiger partial charge is 0.218 e. The number of carbonyl (C=O) groups excluding carboxylic acids is 1. The van der Waals surface area contributed by atoms with Gasteiger partial charge in [-0.1, -0.05) is 0 Å². The van der Waals surface area contributed by atoms with Crippen LogP contribution in [-0.4, -0.2) is 21.9 Å². The summed E-state index contributed by atoms with van der Waals surface area (Å²) in [6, 6.07) is 0.0980. The molecule has 0 aliphatic heterocycles. The molecule has 4 N–H and O–H groups in total. The lowest BCUT2D eigenvalue weighted by atomic mass is 10.2. The fourth-order valence-electron chi connectivity index (χ4n) is 1.04. The SMILES string of the molecule is CC(CC(N)=O)NCc1cnc[nH]1. The molecule has 72 valence electrons. The van der Waals surface area contributed by atoms with Crippen LogP contribution in [0.5, 0.6) is 0 Å². The quantitative estimate of drug-likeness (QED) is 0.587. The third-order valence-corrected chi connectivity index (χ3v) is 1.70. The molecule has 0 saturated heterocycles. The Bertz CT molecular complexity index is 257. The van der Waals surface area contributed by atoms with Crippen molar-refractivity contribution >= 4 is 5.91 Å². The van der Waals surface area contributed by atoms with Crippen molar-refractivity contribution in [2.24, 2.45) is 5.73 Å². The largest absolute Gasteiger partial charge is 0.370 e. The van der Waals surface area contributed by atoms with Crippen LogP contribution in [0.15, 0.2) is 12.5 Å². The molecule has 1 aromatic rings. The van der Waals surface area contributed by atoms with Crippen LogP contribution in [0, 0.1) is 0 Å². The fraction of sp³-hybridized carbons (Fsp3) is 0.500. The normalized spacial score (nSPS) is 12.7. The Morgan fingerprint density at radius 1 is 1.85 bits per heavy atom. The van der Waals surface area contributed by atoms with Gasteiger partial charge in [0.1, 0.15) is 0 Å². The topological polar surface area (TPSA) is 83.8 Å². The molecule has 1 amide bonds. The van der Waals surface area contributed by atoms with Crippen LogP contribution < -0.4 is 11.1 Å². The molecule has 0 bridgehead atoms. The minimum atomic E-state index is -0.287. The molecule has 0 aliphatic carbocycles. The number of nitrogens with one attached hydrogen (secondary N) is 2. The van der Waals surface area contributed by atoms with E-state index in [0.717, 1.165) is 5.69 Å². The first kappa shape index (κ1) is 9.73. The second kappa shape index (κ2) is 4.61. The van der Waals surface area contributed by atoms with Crippen molar-refractivity contribution in [2.75, 3.05) is 0 Å². The Morgan fingerprint density at radius 2 is 2.62 bits per heavy atom. The zero-order valence-electron chi connectivity index (χ0n) is 7.58. The van der Waals surface area contributed by atoms with Gasteiger partial charge in [0.2, 0.25) is 5.91 Å². The van der Waals surface area contributed by atoms with E-state index < -0.39 is 0 Å². The first-order valence-corrected chi connectivity index (χ1v) is 4.17. The summed E-state index contributed by atoms with van der Waals surface area (Å²) in [5.74, 6) is -0.287. The minimum Gasteiger partial charge on any atom is -0.370 e. The third kappa shape index (κ3) is 3.71. The summed E-state index contributed by atoms with van der Waals surface area (Å²) in [5.41, 5.74) is 6.04. The van der Waals surface area contributed by atoms with Crippen molar-refractivity contribution < 1.29 is 4.79 Å². The van der Waals surface area contributed by atoms with E-state index in [1.54, 1.807) is 12.5 Å². The summed E-state index contributed by atoms with van der Waals surface area (Å²) in [6.45, 7) is 2.59. The van der Waals surface area contributed by atoms with Crippen LogP contribution >= 0.6 is 0 Å². The van der Waals surface area contributed by atoms with Crippen LogP contribution in [0.2, 0.25) is 0 Å². The monoisotopic (exact) mass is 182 g/mol. The molecule has 0 saturated carbocycles. The number of rotatable bonds is 5. The molecule has 0 spiro atoms. The maximum atomic E-state index is 10.5. The number of H-pyrrole nitrogens is 1. The molecule has 0 fully saturated rings. The number of hydrogen-bond donors (Lipinski definition) is 3. The Balaban J connectivity index is 2.22. The number of carbonyl (C=O) groups is 1. The number of primary amides is 1. The molecule has 5 nitrogen and oxygen atoms in total. The summed E-state index contributed by atoms with van der Waals surface area (Å²) in [5, 5.41) is 3.14. The van der Waals surface area contributed by atoms with Gasteiger partial charge in [0, 0.05) is 30.9 Å². The maximum Gasteiger partial charge on any atom is 0.218 e. The van der Waals surface area contributed by atoms with E-state index in [1.165, 1.54) is 0 Å². The van der Waals surface area contributed by atoms with Gasteiger partial charge in [-0.05, 0) is 6.92 Å². The predicted molar refractivity (Wildman–Crippen MR) is 48.7 cm³/mol. The Kier molecular flexibility index (Phi) is 3.45. The van der Waals surface area contributed by atoms with Gasteiger partial charge < -0.3 is 16.0 Å². The molecule has 5 heteroatoms. The number of imidazole rings is 1. The van der Waals surface area contributed by atoms with Gasteiger partial charge in [-0.15, -0.1) is 0 Å². The Labute approximate surface area is 76.7 Å². The standard InChI is InChI=1S/C8H14N4O/c1-6(2-8(9)13)11-4-7-3-10-5-12-7/h3,5-6,11H,2,4H2,1H3,(H2,9,13)(H,10,12). The summed E-state index contributed by atoms with van der Waals surface area (Å²) in [4.78, 5) is 17.4. The summed E-state index contributed by atoms with van der Waals surface area (Å²) >= 11 is 0. The fourth-order valence-corrected chi connectivity index (χ4v) is 1.04. The van der Waals surface area contributed by atoms with Gasteiger partial charge in [0.25, 0.3) is 0 Å². The van der Waals surface area contributed by atoms with Gasteiger partial charge in [-0.2, -0.15) is 0 Å². The third-order valence-electron chi connectivity index (χ3n) is 1.70. The highest BCUT2D eigenvalue weighted by Crippen LogP contribution is 1.94. The van der Waals surface area contributed by atoms with Crippen molar-refractivity contribution in [1.29, 1.82) is 0 Å². The van der Waals surface area contributed by atoms with Crippen LogP contribution in [0.3, 0.4) is 0 Å². The van der Waals surface area contributed by atoms with E-state index in [4.69, 9.17) is 5.73 Å². The van der Waals surface area contributed by atoms with Crippen LogP contribution in [0.1, 0.15) is 19.0 Å². The lowest BCUT2D eigenvalue weighted by Crippen LogP contribution is -2.30. The predicted octanol–water partition coefficient (Wildman–Crippen LogP) is -0.237. The maximum absolute atomic E-state index is 10.5. The van der Waals surface area contributed by atoms with E-state index in [9.17, 15) is 4.79 Å². The highest BCUT2D eigenvalue weighted by atomic mass is 16.1. The molecule has 1 rings (SSSR count). The Hall–Kier alpha value is -1.36. The molecule has 13 heavy (non-hydrogen) atoms. The van der Waals surface area contributed by atoms with Crippen molar-refractivity contribution in [3.05, 3.63) is 18.2 Å². The first-order valence-electron chi connectivity index (χ1n) is 4.17. The van der Waals surface area contributed by atoms with Gasteiger partial charge >= 0.3 is 0 Å². The highest BCUT2D eigenvalue weighted by molar-refractivity contribution is 5.74. The molecule has 1 atom stereocenters. The van der Waals surface area contributed by atoms with Crippen LogP contribution in [0.25, 0.3) is 0 Å². The second-order valence-electron chi connectivity index (χ2n) is 3.03. The van der Waals surface area contributed by atoms with Gasteiger partial charge in [0.15, 0.2) is 0 Å². The van der Waals surface area contributed by atoms with E-state index in [-0.39, 0.29) is 11.9 Å². The number of nitrogens with two attached hydrogens (primary N) is 1. The van der Waals surface area contributed by atoms with Crippen molar-refractivity contribution in [3.63, 3.8) is 0 Å². The molecule has 0 aliphatic rings. The van der Waals surface area contributed by atoms with E-state index in [0.29, 0.717) is 13.0 Å². The van der Waals surface area contributed by atoms with Crippen molar-refractivity contribution in [2.45, 2.75) is 25.9 Å². The number of hydrogen-bond acceptors (Lipinski definition) is 3. The average molecular weight is 182 g/mol. The van der Waals surface area contributed by atoms with Gasteiger partial charge in [-0.25, -0.2) is 4.98 Å². The van der Waals surface area contributed by atoms with Crippen LogP contribution in [-0.2, 0) is 11.3 Å². The van der Waals surface area contributed by atoms with Gasteiger partial charge in [0.05, 0.1) is 6.33 Å². The lowest BCUT2D eigenvalue weighted by Gasteiger charge is -2.10. The number of aromatic amines is 1. The summed E-state index contributed by atoms with van der Waals surface area (Å²) in [6.07, 6.45) is 3.72. The second-order valence-corrected chi connectivity index (χ2v) is 3.03. The molecule has 1 aromatic heterocycles.